The van der Waals surface area contributed by atoms with Gasteiger partial charge in [-0.05, 0) is 23.8 Å². The van der Waals surface area contributed by atoms with Gasteiger partial charge in [-0.25, -0.2) is 14.8 Å². The fourth-order valence-electron chi connectivity index (χ4n) is 1.60. The number of aromatic nitrogens is 2. The highest BCUT2D eigenvalue weighted by Crippen LogP contribution is 2.18. The molecule has 104 valence electrons. The van der Waals surface area contributed by atoms with Crippen LogP contribution < -0.4 is 10.1 Å². The molecule has 0 bridgehead atoms. The number of nitrogens with zero attached hydrogens (tertiary/aromatic N) is 2. The summed E-state index contributed by atoms with van der Waals surface area (Å²) in [5.41, 5.74) is 0.949. The zero-order valence-corrected chi connectivity index (χ0v) is 11.4. The molecule has 6 nitrogen and oxygen atoms in total. The zero-order chi connectivity index (χ0) is 14.5. The summed E-state index contributed by atoms with van der Waals surface area (Å²) in [5.74, 6) is -0.355. The van der Waals surface area contributed by atoms with E-state index >= 15 is 0 Å². The van der Waals surface area contributed by atoms with Gasteiger partial charge in [0, 0.05) is 18.8 Å². The normalized spacial score (nSPS) is 10.1. The minimum Gasteiger partial charge on any atom is -0.481 e. The Morgan fingerprint density at radius 3 is 2.95 bits per heavy atom. The van der Waals surface area contributed by atoms with Gasteiger partial charge in [0.15, 0.2) is 0 Å². The summed E-state index contributed by atoms with van der Waals surface area (Å²) in [6, 6.07) is 6.39. The predicted molar refractivity (Wildman–Crippen MR) is 74.3 cm³/mol. The van der Waals surface area contributed by atoms with Crippen LogP contribution in [0.15, 0.2) is 30.5 Å². The average molecular weight is 294 g/mol. The molecule has 0 radical (unpaired) electrons. The Balaban J connectivity index is 2.17. The standard InChI is InChI=1S/C13H12ClN3O3/c1-20-11-6-8(4-5-15-11)7-16-12-9(13(18)19)2-3-10(14)17-12/h2-6H,7H2,1H3,(H,16,17)(H,18,19). The second-order valence-corrected chi connectivity index (χ2v) is 4.28. The lowest BCUT2D eigenvalue weighted by molar-refractivity contribution is 0.0697. The first-order valence-electron chi connectivity index (χ1n) is 5.73. The Morgan fingerprint density at radius 1 is 1.45 bits per heavy atom. The van der Waals surface area contributed by atoms with Gasteiger partial charge in [-0.15, -0.1) is 0 Å². The van der Waals surface area contributed by atoms with E-state index in [-0.39, 0.29) is 16.5 Å². The molecule has 0 unspecified atom stereocenters. The number of methoxy groups -OCH3 is 1. The number of ether oxygens (including phenoxy) is 1. The smallest absolute Gasteiger partial charge is 0.339 e. The molecule has 0 aliphatic carbocycles. The van der Waals surface area contributed by atoms with E-state index in [1.807, 2.05) is 0 Å². The Bertz CT molecular complexity index is 634. The number of hydrogen-bond acceptors (Lipinski definition) is 5. The van der Waals surface area contributed by atoms with Crippen LogP contribution >= 0.6 is 11.6 Å². The number of pyridine rings is 2. The number of nitrogens with one attached hydrogen (secondary N) is 1. The summed E-state index contributed by atoms with van der Waals surface area (Å²) < 4.78 is 5.02. The van der Waals surface area contributed by atoms with Crippen molar-refractivity contribution in [1.29, 1.82) is 0 Å². The number of carboxylic acids is 1. The number of anilines is 1. The highest BCUT2D eigenvalue weighted by Gasteiger charge is 2.11. The molecule has 2 N–H and O–H groups in total. The number of halogens is 1. The van der Waals surface area contributed by atoms with Crippen molar-refractivity contribution >= 4 is 23.4 Å². The van der Waals surface area contributed by atoms with E-state index in [9.17, 15) is 4.79 Å². The van der Waals surface area contributed by atoms with Gasteiger partial charge in [0.1, 0.15) is 16.5 Å². The first kappa shape index (κ1) is 14.1. The highest BCUT2D eigenvalue weighted by atomic mass is 35.5. The monoisotopic (exact) mass is 293 g/mol. The Hall–Kier alpha value is -2.34. The second-order valence-electron chi connectivity index (χ2n) is 3.90. The van der Waals surface area contributed by atoms with Crippen molar-refractivity contribution in [3.63, 3.8) is 0 Å². The third kappa shape index (κ3) is 3.36. The van der Waals surface area contributed by atoms with Crippen LogP contribution in [0.4, 0.5) is 5.82 Å². The van der Waals surface area contributed by atoms with Crippen molar-refractivity contribution in [1.82, 2.24) is 9.97 Å². The molecular formula is C13H12ClN3O3. The summed E-state index contributed by atoms with van der Waals surface area (Å²) >= 11 is 5.78. The quantitative estimate of drug-likeness (QED) is 0.824. The molecule has 0 fully saturated rings. The van der Waals surface area contributed by atoms with E-state index in [4.69, 9.17) is 21.4 Å². The van der Waals surface area contributed by atoms with Gasteiger partial charge in [0.05, 0.1) is 7.11 Å². The molecule has 0 aliphatic rings. The number of rotatable bonds is 5. The van der Waals surface area contributed by atoms with Crippen molar-refractivity contribution < 1.29 is 14.6 Å². The fraction of sp³-hybridized carbons (Fsp3) is 0.154. The zero-order valence-electron chi connectivity index (χ0n) is 10.6. The molecule has 0 spiro atoms. The molecule has 0 atom stereocenters. The Kier molecular flexibility index (Phi) is 4.37. The fourth-order valence-corrected chi connectivity index (χ4v) is 1.75. The molecule has 7 heteroatoms. The Labute approximate surface area is 120 Å². The lowest BCUT2D eigenvalue weighted by atomic mass is 10.2. The maximum atomic E-state index is 11.1. The van der Waals surface area contributed by atoms with Crippen LogP contribution in [0, 0.1) is 0 Å². The molecule has 0 saturated heterocycles. The first-order chi connectivity index (χ1) is 9.60. The van der Waals surface area contributed by atoms with Crippen LogP contribution in [0.3, 0.4) is 0 Å². The molecule has 2 aromatic rings. The molecule has 20 heavy (non-hydrogen) atoms. The van der Waals surface area contributed by atoms with Crippen molar-refractivity contribution in [2.45, 2.75) is 6.54 Å². The molecular weight excluding hydrogens is 282 g/mol. The SMILES string of the molecule is COc1cc(CNc2nc(Cl)ccc2C(=O)O)ccn1. The molecule has 2 aromatic heterocycles. The van der Waals surface area contributed by atoms with Crippen LogP contribution in [-0.2, 0) is 6.54 Å². The summed E-state index contributed by atoms with van der Waals surface area (Å²) in [6.07, 6.45) is 1.61. The van der Waals surface area contributed by atoms with E-state index < -0.39 is 5.97 Å². The van der Waals surface area contributed by atoms with Crippen LogP contribution in [0.5, 0.6) is 5.88 Å². The minimum atomic E-state index is -1.07. The summed E-state index contributed by atoms with van der Waals surface area (Å²) in [4.78, 5) is 19.1. The average Bonchev–Trinajstić information content (AvgIpc) is 2.45. The van der Waals surface area contributed by atoms with E-state index in [0.29, 0.717) is 12.4 Å². The topological polar surface area (TPSA) is 84.3 Å². The van der Waals surface area contributed by atoms with Gasteiger partial charge in [0.25, 0.3) is 0 Å². The molecule has 2 heterocycles. The third-order valence-electron chi connectivity index (χ3n) is 2.56. The largest absolute Gasteiger partial charge is 0.481 e. The van der Waals surface area contributed by atoms with Crippen molar-refractivity contribution in [2.75, 3.05) is 12.4 Å². The lowest BCUT2D eigenvalue weighted by Gasteiger charge is -2.09. The van der Waals surface area contributed by atoms with Crippen LogP contribution in [0.1, 0.15) is 15.9 Å². The van der Waals surface area contributed by atoms with E-state index in [1.54, 1.807) is 18.3 Å². The first-order valence-corrected chi connectivity index (χ1v) is 6.10. The molecule has 0 saturated carbocycles. The summed E-state index contributed by atoms with van der Waals surface area (Å²) in [6.45, 7) is 0.381. The van der Waals surface area contributed by atoms with Gasteiger partial charge < -0.3 is 15.2 Å². The maximum absolute atomic E-state index is 11.1. The van der Waals surface area contributed by atoms with Crippen LogP contribution in [0.2, 0.25) is 5.15 Å². The van der Waals surface area contributed by atoms with Crippen molar-refractivity contribution in [3.8, 4) is 5.88 Å². The minimum absolute atomic E-state index is 0.0652. The number of carbonyl (C=O) groups is 1. The van der Waals surface area contributed by atoms with Crippen molar-refractivity contribution in [3.05, 3.63) is 46.7 Å². The van der Waals surface area contributed by atoms with Crippen LogP contribution in [-0.4, -0.2) is 28.2 Å². The van der Waals surface area contributed by atoms with E-state index in [1.165, 1.54) is 19.2 Å². The van der Waals surface area contributed by atoms with Crippen LogP contribution in [0.25, 0.3) is 0 Å². The lowest BCUT2D eigenvalue weighted by Crippen LogP contribution is -2.08. The molecule has 0 aliphatic heterocycles. The van der Waals surface area contributed by atoms with Gasteiger partial charge >= 0.3 is 5.97 Å². The van der Waals surface area contributed by atoms with Gasteiger partial charge in [-0.1, -0.05) is 11.6 Å². The Morgan fingerprint density at radius 2 is 2.25 bits per heavy atom. The predicted octanol–water partition coefficient (Wildman–Crippen LogP) is 2.45. The molecule has 0 amide bonds. The molecule has 0 aromatic carbocycles. The number of aromatic carboxylic acids is 1. The summed E-state index contributed by atoms with van der Waals surface area (Å²) in [5, 5.41) is 12.3. The summed E-state index contributed by atoms with van der Waals surface area (Å²) in [7, 11) is 1.53. The van der Waals surface area contributed by atoms with Gasteiger partial charge in [0.2, 0.25) is 5.88 Å². The number of carboxylic acid groups (broad SMARTS) is 1. The van der Waals surface area contributed by atoms with Gasteiger partial charge in [-0.3, -0.25) is 0 Å². The third-order valence-corrected chi connectivity index (χ3v) is 2.77. The number of hydrogen-bond donors (Lipinski definition) is 2. The highest BCUT2D eigenvalue weighted by molar-refractivity contribution is 6.29. The molecule has 2 rings (SSSR count). The second kappa shape index (κ2) is 6.21. The van der Waals surface area contributed by atoms with Crippen molar-refractivity contribution in [2.24, 2.45) is 0 Å². The van der Waals surface area contributed by atoms with Gasteiger partial charge in [-0.2, -0.15) is 0 Å². The van der Waals surface area contributed by atoms with E-state index in [2.05, 4.69) is 15.3 Å². The maximum Gasteiger partial charge on any atom is 0.339 e. The van der Waals surface area contributed by atoms with E-state index in [0.717, 1.165) is 5.56 Å².